The molecule has 1 heterocycles. The quantitative estimate of drug-likeness (QED) is 0.669. The number of hydrogen-bond acceptors (Lipinski definition) is 2. The van der Waals surface area contributed by atoms with E-state index in [-0.39, 0.29) is 5.91 Å². The summed E-state index contributed by atoms with van der Waals surface area (Å²) in [4.78, 5) is 13.3. The van der Waals surface area contributed by atoms with Gasteiger partial charge in [0.15, 0.2) is 0 Å². The van der Waals surface area contributed by atoms with Crippen LogP contribution in [0.15, 0.2) is 11.3 Å². The number of carbonyl (C=O) groups is 1. The Balaban J connectivity index is 2.92. The fraction of sp³-hybridized carbons (Fsp3) is 0.667. The molecule has 0 saturated heterocycles. The van der Waals surface area contributed by atoms with Gasteiger partial charge in [0, 0.05) is 18.3 Å². The number of amides is 1. The summed E-state index contributed by atoms with van der Waals surface area (Å²) in [6, 6.07) is 0. The molecule has 0 aromatic carbocycles. The van der Waals surface area contributed by atoms with E-state index < -0.39 is 0 Å². The molecule has 12 heavy (non-hydrogen) atoms. The minimum Gasteiger partial charge on any atom is -0.371 e. The summed E-state index contributed by atoms with van der Waals surface area (Å²) in [7, 11) is 1.82. The highest BCUT2D eigenvalue weighted by Gasteiger charge is 2.21. The van der Waals surface area contributed by atoms with Crippen molar-refractivity contribution in [2.45, 2.75) is 26.7 Å². The molecule has 0 spiro atoms. The van der Waals surface area contributed by atoms with E-state index in [1.807, 2.05) is 14.0 Å². The Hall–Kier alpha value is -0.990. The van der Waals surface area contributed by atoms with E-state index in [2.05, 4.69) is 12.2 Å². The van der Waals surface area contributed by atoms with Gasteiger partial charge in [-0.05, 0) is 12.8 Å². The van der Waals surface area contributed by atoms with Crippen molar-refractivity contribution >= 4 is 5.91 Å². The third-order valence-electron chi connectivity index (χ3n) is 2.21. The first-order valence-corrected chi connectivity index (χ1v) is 4.42. The van der Waals surface area contributed by atoms with Crippen molar-refractivity contribution in [3.8, 4) is 0 Å². The van der Waals surface area contributed by atoms with Gasteiger partial charge in [-0.3, -0.25) is 4.79 Å². The molecule has 0 bridgehead atoms. The molecule has 1 aliphatic heterocycles. The molecule has 0 aliphatic carbocycles. The number of carbonyl (C=O) groups excluding carboxylic acids is 1. The van der Waals surface area contributed by atoms with E-state index in [9.17, 15) is 4.79 Å². The normalized spacial score (nSPS) is 18.2. The number of rotatable bonds is 2. The maximum absolute atomic E-state index is 11.6. The first-order chi connectivity index (χ1) is 5.70. The van der Waals surface area contributed by atoms with Crippen molar-refractivity contribution in [3.63, 3.8) is 0 Å². The van der Waals surface area contributed by atoms with Gasteiger partial charge in [-0.15, -0.1) is 0 Å². The number of allylic oxidation sites excluding steroid dienone is 1. The Morgan fingerprint density at radius 2 is 2.08 bits per heavy atom. The van der Waals surface area contributed by atoms with E-state index in [1.165, 1.54) is 0 Å². The summed E-state index contributed by atoms with van der Waals surface area (Å²) in [5, 5.41) is 3.23. The average molecular weight is 168 g/mol. The highest BCUT2D eigenvalue weighted by molar-refractivity contribution is 5.94. The van der Waals surface area contributed by atoms with Crippen molar-refractivity contribution in [1.29, 1.82) is 0 Å². The zero-order valence-corrected chi connectivity index (χ0v) is 7.98. The molecule has 0 aromatic rings. The van der Waals surface area contributed by atoms with Crippen molar-refractivity contribution in [2.24, 2.45) is 0 Å². The van der Waals surface area contributed by atoms with Gasteiger partial charge in [0.2, 0.25) is 0 Å². The smallest absolute Gasteiger partial charge is 0.252 e. The fourth-order valence-corrected chi connectivity index (χ4v) is 1.45. The predicted molar refractivity (Wildman–Crippen MR) is 48.4 cm³/mol. The summed E-state index contributed by atoms with van der Waals surface area (Å²) >= 11 is 0. The van der Waals surface area contributed by atoms with Gasteiger partial charge in [-0.2, -0.15) is 0 Å². The minimum atomic E-state index is 0.174. The monoisotopic (exact) mass is 168 g/mol. The maximum atomic E-state index is 11.6. The lowest BCUT2D eigenvalue weighted by molar-refractivity contribution is -0.127. The third kappa shape index (κ3) is 1.44. The molecule has 3 nitrogen and oxygen atoms in total. The molecule has 0 radical (unpaired) electrons. The second-order valence-electron chi connectivity index (χ2n) is 3.00. The van der Waals surface area contributed by atoms with Crippen LogP contribution in [-0.4, -0.2) is 24.5 Å². The number of likely N-dealkylation sites (N-methyl/N-ethyl adjacent to an activating group) is 1. The van der Waals surface area contributed by atoms with Crippen LogP contribution in [-0.2, 0) is 4.79 Å². The summed E-state index contributed by atoms with van der Waals surface area (Å²) in [5.74, 6) is 0.174. The predicted octanol–water partition coefficient (Wildman–Crippen LogP) is 1.08. The van der Waals surface area contributed by atoms with Crippen LogP contribution in [0.5, 0.6) is 0 Å². The molecular formula is C9H16N2O. The molecule has 1 N–H and O–H groups in total. The highest BCUT2D eigenvalue weighted by atomic mass is 16.2. The molecule has 3 heteroatoms. The van der Waals surface area contributed by atoms with Crippen LogP contribution in [0.2, 0.25) is 0 Å². The van der Waals surface area contributed by atoms with Gasteiger partial charge in [-0.1, -0.05) is 13.8 Å². The second kappa shape index (κ2) is 3.61. The SMILES string of the molecule is CCC1=C(CC)C(=O)N(C)CN1. The standard InChI is InChI=1S/C9H16N2O/c1-4-7-8(5-2)10-6-11(3)9(7)12/h10H,4-6H2,1-3H3. The van der Waals surface area contributed by atoms with Crippen molar-refractivity contribution in [1.82, 2.24) is 10.2 Å². The van der Waals surface area contributed by atoms with Crippen LogP contribution in [0.4, 0.5) is 0 Å². The number of nitrogens with one attached hydrogen (secondary N) is 1. The van der Waals surface area contributed by atoms with Crippen molar-refractivity contribution in [3.05, 3.63) is 11.3 Å². The number of nitrogens with zero attached hydrogens (tertiary/aromatic N) is 1. The average Bonchev–Trinajstić information content (AvgIpc) is 2.09. The van der Waals surface area contributed by atoms with Gasteiger partial charge in [-0.25, -0.2) is 0 Å². The molecular weight excluding hydrogens is 152 g/mol. The highest BCUT2D eigenvalue weighted by Crippen LogP contribution is 2.15. The van der Waals surface area contributed by atoms with Crippen LogP contribution in [0.1, 0.15) is 26.7 Å². The van der Waals surface area contributed by atoms with E-state index in [0.717, 1.165) is 24.1 Å². The van der Waals surface area contributed by atoms with Gasteiger partial charge in [0.05, 0.1) is 6.67 Å². The molecule has 1 rings (SSSR count). The second-order valence-corrected chi connectivity index (χ2v) is 3.00. The fourth-order valence-electron chi connectivity index (χ4n) is 1.45. The Bertz CT molecular complexity index is 221. The minimum absolute atomic E-state index is 0.174. The van der Waals surface area contributed by atoms with Gasteiger partial charge in [0.1, 0.15) is 0 Å². The third-order valence-corrected chi connectivity index (χ3v) is 2.21. The molecule has 1 amide bonds. The maximum Gasteiger partial charge on any atom is 0.252 e. The van der Waals surface area contributed by atoms with Crippen LogP contribution in [0, 0.1) is 0 Å². The molecule has 0 fully saturated rings. The first-order valence-electron chi connectivity index (χ1n) is 4.42. The van der Waals surface area contributed by atoms with Crippen LogP contribution in [0.3, 0.4) is 0 Å². The van der Waals surface area contributed by atoms with E-state index >= 15 is 0 Å². The molecule has 1 aliphatic rings. The largest absolute Gasteiger partial charge is 0.371 e. The molecule has 0 saturated carbocycles. The Kier molecular flexibility index (Phi) is 2.74. The van der Waals surface area contributed by atoms with Crippen LogP contribution < -0.4 is 5.32 Å². The first kappa shape index (κ1) is 9.10. The van der Waals surface area contributed by atoms with E-state index in [1.54, 1.807) is 4.90 Å². The molecule has 0 unspecified atom stereocenters. The van der Waals surface area contributed by atoms with Crippen molar-refractivity contribution < 1.29 is 4.79 Å². The summed E-state index contributed by atoms with van der Waals surface area (Å²) < 4.78 is 0. The van der Waals surface area contributed by atoms with E-state index in [0.29, 0.717) is 6.67 Å². The summed E-state index contributed by atoms with van der Waals surface area (Å²) in [6.45, 7) is 4.73. The lowest BCUT2D eigenvalue weighted by atomic mass is 10.1. The zero-order valence-electron chi connectivity index (χ0n) is 7.98. The van der Waals surface area contributed by atoms with Crippen LogP contribution in [0.25, 0.3) is 0 Å². The Morgan fingerprint density at radius 1 is 1.42 bits per heavy atom. The Labute approximate surface area is 73.4 Å². The zero-order chi connectivity index (χ0) is 9.14. The molecule has 0 atom stereocenters. The summed E-state index contributed by atoms with van der Waals surface area (Å²) in [5.41, 5.74) is 2.05. The van der Waals surface area contributed by atoms with Crippen molar-refractivity contribution in [2.75, 3.05) is 13.7 Å². The number of hydrogen-bond donors (Lipinski definition) is 1. The summed E-state index contributed by atoms with van der Waals surface area (Å²) in [6.07, 6.45) is 1.74. The van der Waals surface area contributed by atoms with Gasteiger partial charge in [0.25, 0.3) is 5.91 Å². The van der Waals surface area contributed by atoms with E-state index in [4.69, 9.17) is 0 Å². The van der Waals surface area contributed by atoms with Crippen LogP contribution >= 0.6 is 0 Å². The van der Waals surface area contributed by atoms with Gasteiger partial charge < -0.3 is 10.2 Å². The molecule has 0 aromatic heterocycles. The lowest BCUT2D eigenvalue weighted by Gasteiger charge is -2.28. The molecule has 68 valence electrons. The Morgan fingerprint density at radius 3 is 2.58 bits per heavy atom. The van der Waals surface area contributed by atoms with Gasteiger partial charge >= 0.3 is 0 Å². The lowest BCUT2D eigenvalue weighted by Crippen LogP contribution is -2.42. The topological polar surface area (TPSA) is 32.3 Å².